The highest BCUT2D eigenvalue weighted by Gasteiger charge is 2.29. The first-order valence-corrected chi connectivity index (χ1v) is 10.8. The number of methoxy groups -OCH3 is 3. The third kappa shape index (κ3) is 5.17. The van der Waals surface area contributed by atoms with Gasteiger partial charge in [0.1, 0.15) is 17.5 Å². The molecule has 0 spiro atoms. The molecule has 0 radical (unpaired) electrons. The number of amides is 1. The summed E-state index contributed by atoms with van der Waals surface area (Å²) in [6.07, 6.45) is 0.235. The van der Waals surface area contributed by atoms with E-state index in [2.05, 4.69) is 10.6 Å². The van der Waals surface area contributed by atoms with Crippen molar-refractivity contribution in [3.63, 3.8) is 0 Å². The van der Waals surface area contributed by atoms with Gasteiger partial charge >= 0.3 is 5.97 Å². The van der Waals surface area contributed by atoms with E-state index in [0.717, 1.165) is 22.3 Å². The molecule has 1 amide bonds. The van der Waals surface area contributed by atoms with Crippen LogP contribution in [0.1, 0.15) is 30.5 Å². The number of ketones is 1. The summed E-state index contributed by atoms with van der Waals surface area (Å²) in [5.41, 5.74) is 3.06. The molecule has 3 atom stereocenters. The normalized spacial score (nSPS) is 20.9. The molecule has 1 aliphatic heterocycles. The zero-order valence-electron chi connectivity index (χ0n) is 19.6. The van der Waals surface area contributed by atoms with Gasteiger partial charge in [0.25, 0.3) is 0 Å². The zero-order chi connectivity index (χ0) is 24.1. The van der Waals surface area contributed by atoms with Gasteiger partial charge in [-0.3, -0.25) is 9.59 Å². The van der Waals surface area contributed by atoms with Gasteiger partial charge < -0.3 is 24.8 Å². The quantitative estimate of drug-likeness (QED) is 0.684. The van der Waals surface area contributed by atoms with E-state index in [4.69, 9.17) is 14.2 Å². The molecule has 0 saturated heterocycles. The number of nitrogens with one attached hydrogen (secondary N) is 2. The summed E-state index contributed by atoms with van der Waals surface area (Å²) in [4.78, 5) is 38.3. The molecule has 0 fully saturated rings. The van der Waals surface area contributed by atoms with Crippen LogP contribution in [0.4, 0.5) is 0 Å². The van der Waals surface area contributed by atoms with Gasteiger partial charge in [-0.1, -0.05) is 19.1 Å². The number of esters is 1. The molecule has 8 nitrogen and oxygen atoms in total. The molecule has 0 saturated carbocycles. The van der Waals surface area contributed by atoms with E-state index in [0.29, 0.717) is 11.5 Å². The van der Waals surface area contributed by atoms with Crippen LogP contribution in [0, 0.1) is 5.92 Å². The minimum atomic E-state index is -0.891. The lowest BCUT2D eigenvalue weighted by Gasteiger charge is -2.23. The molecule has 33 heavy (non-hydrogen) atoms. The van der Waals surface area contributed by atoms with Crippen LogP contribution in [0.2, 0.25) is 0 Å². The Morgan fingerprint density at radius 3 is 2.21 bits per heavy atom. The van der Waals surface area contributed by atoms with Crippen LogP contribution in [0.15, 0.2) is 36.4 Å². The Morgan fingerprint density at radius 1 is 0.970 bits per heavy atom. The maximum atomic E-state index is 13.1. The summed E-state index contributed by atoms with van der Waals surface area (Å²) in [7, 11) is 6.14. The summed E-state index contributed by atoms with van der Waals surface area (Å²) in [5, 5.41) is 5.81. The summed E-state index contributed by atoms with van der Waals surface area (Å²) >= 11 is 0. The van der Waals surface area contributed by atoms with Gasteiger partial charge in [-0.15, -0.1) is 0 Å². The second kappa shape index (κ2) is 10.5. The van der Waals surface area contributed by atoms with Gasteiger partial charge in [0.2, 0.25) is 5.91 Å². The van der Waals surface area contributed by atoms with Crippen molar-refractivity contribution in [2.24, 2.45) is 5.92 Å². The average Bonchev–Trinajstić information content (AvgIpc) is 2.82. The summed E-state index contributed by atoms with van der Waals surface area (Å²) in [5.74, 6) is -0.458. The largest absolute Gasteiger partial charge is 0.496 e. The lowest BCUT2D eigenvalue weighted by Crippen LogP contribution is -2.45. The number of rotatable bonds is 4. The number of hydrogen-bond donors (Lipinski definition) is 2. The molecule has 0 aliphatic carbocycles. The number of ether oxygens (including phenoxy) is 3. The van der Waals surface area contributed by atoms with Crippen LogP contribution in [0.25, 0.3) is 11.1 Å². The second-order valence-electron chi connectivity index (χ2n) is 8.08. The van der Waals surface area contributed by atoms with Crippen molar-refractivity contribution in [3.05, 3.63) is 47.5 Å². The number of likely N-dealkylation sites (N-methyl/N-ethyl adjacent to an activating group) is 1. The summed E-state index contributed by atoms with van der Waals surface area (Å²) < 4.78 is 16.1. The van der Waals surface area contributed by atoms with Crippen molar-refractivity contribution in [1.29, 1.82) is 0 Å². The van der Waals surface area contributed by atoms with Crippen molar-refractivity contribution in [3.8, 4) is 22.6 Å². The Kier molecular flexibility index (Phi) is 7.71. The number of benzene rings is 2. The fourth-order valence-electron chi connectivity index (χ4n) is 4.12. The topological polar surface area (TPSA) is 103 Å². The Hall–Kier alpha value is -3.39. The Bertz CT molecular complexity index is 1050. The number of carbonyl (C=O) groups is 3. The van der Waals surface area contributed by atoms with E-state index in [-0.39, 0.29) is 24.5 Å². The van der Waals surface area contributed by atoms with Crippen LogP contribution in [0.5, 0.6) is 11.5 Å². The van der Waals surface area contributed by atoms with Crippen molar-refractivity contribution in [2.45, 2.75) is 31.8 Å². The van der Waals surface area contributed by atoms with E-state index in [9.17, 15) is 14.4 Å². The molecule has 2 aromatic carbocycles. The van der Waals surface area contributed by atoms with Crippen LogP contribution in [-0.4, -0.2) is 52.1 Å². The Balaban J connectivity index is 2.23. The lowest BCUT2D eigenvalue weighted by molar-refractivity contribution is -0.145. The first-order valence-electron chi connectivity index (χ1n) is 10.8. The van der Waals surface area contributed by atoms with Gasteiger partial charge in [-0.05, 0) is 42.4 Å². The standard InChI is InChI=1S/C25H30N2O6/c1-14-10-20(28)23(26-2)16-7-9-22(32-4)18(13-16)17-11-15(6-8-21(17)31-3)12-19(25(30)33-5)27-24(14)29/h6-9,11,13-14,19,23,26H,10,12H2,1-5H3,(H,27,29)/t14-,19+,23+/m1/s1. The first-order chi connectivity index (χ1) is 15.8. The van der Waals surface area contributed by atoms with Crippen molar-refractivity contribution in [1.82, 2.24) is 10.6 Å². The molecule has 176 valence electrons. The van der Waals surface area contributed by atoms with Crippen LogP contribution < -0.4 is 20.1 Å². The molecule has 4 bridgehead atoms. The summed E-state index contributed by atoms with van der Waals surface area (Å²) in [6.45, 7) is 1.67. The zero-order valence-corrected chi connectivity index (χ0v) is 19.6. The minimum absolute atomic E-state index is 0.0151. The fourth-order valence-corrected chi connectivity index (χ4v) is 4.12. The van der Waals surface area contributed by atoms with E-state index >= 15 is 0 Å². The average molecular weight is 455 g/mol. The first kappa shape index (κ1) is 24.3. The van der Waals surface area contributed by atoms with Crippen LogP contribution in [-0.2, 0) is 25.5 Å². The molecule has 8 heteroatoms. The number of Topliss-reactive ketones (excluding diaryl/α,β-unsaturated/α-hetero) is 1. The molecule has 1 aliphatic rings. The van der Waals surface area contributed by atoms with E-state index < -0.39 is 24.0 Å². The molecule has 1 heterocycles. The number of fused-ring (bicyclic) bond motifs is 5. The van der Waals surface area contributed by atoms with Crippen molar-refractivity contribution >= 4 is 17.7 Å². The highest BCUT2D eigenvalue weighted by Crippen LogP contribution is 2.39. The van der Waals surface area contributed by atoms with Crippen molar-refractivity contribution < 1.29 is 28.6 Å². The highest BCUT2D eigenvalue weighted by atomic mass is 16.5. The van der Waals surface area contributed by atoms with E-state index in [1.54, 1.807) is 28.2 Å². The molecular formula is C25H30N2O6. The monoisotopic (exact) mass is 454 g/mol. The molecule has 2 N–H and O–H groups in total. The number of carbonyl (C=O) groups excluding carboxylic acids is 3. The smallest absolute Gasteiger partial charge is 0.328 e. The SMILES string of the molecule is CN[C@@H]1C(=O)C[C@@H](C)C(=O)N[C@H](C(=O)OC)Cc2ccc(OC)c(c2)-c2cc1ccc2OC. The highest BCUT2D eigenvalue weighted by molar-refractivity contribution is 5.92. The van der Waals surface area contributed by atoms with E-state index in [1.807, 2.05) is 36.4 Å². The number of hydrogen-bond acceptors (Lipinski definition) is 7. The minimum Gasteiger partial charge on any atom is -0.496 e. The molecule has 3 rings (SSSR count). The Labute approximate surface area is 193 Å². The molecular weight excluding hydrogens is 424 g/mol. The maximum Gasteiger partial charge on any atom is 0.328 e. The predicted octanol–water partition coefficient (Wildman–Crippen LogP) is 2.44. The summed E-state index contributed by atoms with van der Waals surface area (Å²) in [6, 6.07) is 9.59. The third-order valence-corrected chi connectivity index (χ3v) is 5.92. The Morgan fingerprint density at radius 2 is 1.61 bits per heavy atom. The second-order valence-corrected chi connectivity index (χ2v) is 8.08. The molecule has 0 aromatic heterocycles. The maximum absolute atomic E-state index is 13.1. The van der Waals surface area contributed by atoms with Gasteiger partial charge in [0, 0.05) is 29.9 Å². The predicted molar refractivity (Wildman–Crippen MR) is 123 cm³/mol. The lowest BCUT2D eigenvalue weighted by atomic mass is 9.90. The van der Waals surface area contributed by atoms with Gasteiger partial charge in [0.15, 0.2) is 5.78 Å². The molecule has 0 unspecified atom stereocenters. The van der Waals surface area contributed by atoms with Gasteiger partial charge in [-0.25, -0.2) is 4.79 Å². The fraction of sp³-hybridized carbons (Fsp3) is 0.400. The van der Waals surface area contributed by atoms with Gasteiger partial charge in [0.05, 0.1) is 27.4 Å². The van der Waals surface area contributed by atoms with Crippen LogP contribution >= 0.6 is 0 Å². The third-order valence-electron chi connectivity index (χ3n) is 5.92. The van der Waals surface area contributed by atoms with Crippen LogP contribution in [0.3, 0.4) is 0 Å². The molecule has 2 aromatic rings. The van der Waals surface area contributed by atoms with E-state index in [1.165, 1.54) is 7.11 Å². The van der Waals surface area contributed by atoms with Gasteiger partial charge in [-0.2, -0.15) is 0 Å². The van der Waals surface area contributed by atoms with Crippen molar-refractivity contribution in [2.75, 3.05) is 28.4 Å².